The number of carbonyl (C=O) groups is 2. The van der Waals surface area contributed by atoms with Crippen molar-refractivity contribution >= 4 is 12.0 Å². The molecule has 0 saturated carbocycles. The van der Waals surface area contributed by atoms with Crippen molar-refractivity contribution in [3.05, 3.63) is 0 Å². The highest BCUT2D eigenvalue weighted by Gasteiger charge is 2.14. The molecule has 0 radical (unpaired) electrons. The maximum Gasteiger partial charge on any atom is 0.317 e. The van der Waals surface area contributed by atoms with Crippen molar-refractivity contribution in [3.8, 4) is 0 Å². The average Bonchev–Trinajstić information content (AvgIpc) is 2.33. The number of hydrogen-bond acceptors (Lipinski definition) is 2. The van der Waals surface area contributed by atoms with E-state index < -0.39 is 5.97 Å². The van der Waals surface area contributed by atoms with Crippen LogP contribution in [-0.4, -0.2) is 41.1 Å². The molecule has 0 aromatic rings. The van der Waals surface area contributed by atoms with Gasteiger partial charge < -0.3 is 15.3 Å². The zero-order valence-electron chi connectivity index (χ0n) is 13.2. The summed E-state index contributed by atoms with van der Waals surface area (Å²) in [6.45, 7) is 13.1. The maximum atomic E-state index is 11.5. The van der Waals surface area contributed by atoms with Gasteiger partial charge in [0.25, 0.3) is 0 Å². The molecule has 2 amide bonds. The third-order valence-electron chi connectivity index (χ3n) is 2.37. The van der Waals surface area contributed by atoms with Gasteiger partial charge in [0.1, 0.15) is 0 Å². The average molecular weight is 274 g/mol. The van der Waals surface area contributed by atoms with E-state index in [1.807, 2.05) is 18.7 Å². The van der Waals surface area contributed by atoms with Crippen LogP contribution in [0.3, 0.4) is 0 Å². The summed E-state index contributed by atoms with van der Waals surface area (Å²) in [4.78, 5) is 23.1. The van der Waals surface area contributed by atoms with E-state index in [1.54, 1.807) is 13.8 Å². The minimum Gasteiger partial charge on any atom is -0.481 e. The Balaban J connectivity index is 0. The van der Waals surface area contributed by atoms with Gasteiger partial charge in [-0.05, 0) is 26.7 Å². The zero-order chi connectivity index (χ0) is 15.4. The topological polar surface area (TPSA) is 69.6 Å². The molecule has 5 nitrogen and oxygen atoms in total. The highest BCUT2D eigenvalue weighted by molar-refractivity contribution is 5.74. The first-order valence-corrected chi connectivity index (χ1v) is 7.05. The fourth-order valence-corrected chi connectivity index (χ4v) is 1.17. The molecule has 5 heteroatoms. The monoisotopic (exact) mass is 274 g/mol. The number of aliphatic carboxylic acids is 1. The van der Waals surface area contributed by atoms with Crippen LogP contribution in [-0.2, 0) is 4.79 Å². The van der Waals surface area contributed by atoms with Crippen molar-refractivity contribution in [2.45, 2.75) is 60.4 Å². The number of hydrogen-bond donors (Lipinski definition) is 2. The molecule has 2 N–H and O–H groups in total. The molecule has 0 saturated heterocycles. The second-order valence-electron chi connectivity index (χ2n) is 5.01. The first kappa shape index (κ1) is 20.1. The third kappa shape index (κ3) is 11.6. The van der Waals surface area contributed by atoms with Crippen LogP contribution in [0.1, 0.15) is 54.4 Å². The first-order chi connectivity index (χ1) is 8.77. The minimum absolute atomic E-state index is 0.0682. The molecule has 0 bridgehead atoms. The molecule has 0 aromatic carbocycles. The van der Waals surface area contributed by atoms with Crippen LogP contribution < -0.4 is 5.32 Å². The van der Waals surface area contributed by atoms with Crippen LogP contribution in [0.15, 0.2) is 0 Å². The highest BCUT2D eigenvalue weighted by Crippen LogP contribution is 1.99. The van der Waals surface area contributed by atoms with E-state index in [4.69, 9.17) is 5.11 Å². The van der Waals surface area contributed by atoms with Gasteiger partial charge in [0.15, 0.2) is 0 Å². The standard InChI is InChI=1S/C10H22N2O.C4H8O2/c1-5-7-11-10(13)12(8-6-2)9(3)4;1-3(2)4(5)6/h9H,5-8H2,1-4H3,(H,11,13);3H,1-2H3,(H,5,6). The molecular formula is C14H30N2O3. The third-order valence-corrected chi connectivity index (χ3v) is 2.37. The Bertz CT molecular complexity index is 253. The second kappa shape index (κ2) is 11.8. The summed E-state index contributed by atoms with van der Waals surface area (Å²) < 4.78 is 0. The molecule has 0 spiro atoms. The molecule has 19 heavy (non-hydrogen) atoms. The number of rotatable bonds is 6. The van der Waals surface area contributed by atoms with Crippen LogP contribution in [0.25, 0.3) is 0 Å². The number of amides is 2. The summed E-state index contributed by atoms with van der Waals surface area (Å²) in [7, 11) is 0. The maximum absolute atomic E-state index is 11.5. The number of nitrogens with one attached hydrogen (secondary N) is 1. The van der Waals surface area contributed by atoms with E-state index in [-0.39, 0.29) is 18.0 Å². The number of carboxylic acids is 1. The Kier molecular flexibility index (Phi) is 12.5. The van der Waals surface area contributed by atoms with E-state index in [0.29, 0.717) is 0 Å². The van der Waals surface area contributed by atoms with E-state index >= 15 is 0 Å². The fraction of sp³-hybridized carbons (Fsp3) is 0.857. The Morgan fingerprint density at radius 1 is 1.11 bits per heavy atom. The van der Waals surface area contributed by atoms with Crippen molar-refractivity contribution in [1.29, 1.82) is 0 Å². The van der Waals surface area contributed by atoms with Gasteiger partial charge in [0, 0.05) is 19.1 Å². The van der Waals surface area contributed by atoms with Crippen LogP contribution in [0.2, 0.25) is 0 Å². The lowest BCUT2D eigenvalue weighted by Gasteiger charge is -2.26. The first-order valence-electron chi connectivity index (χ1n) is 7.05. The minimum atomic E-state index is -0.741. The number of nitrogens with zero attached hydrogens (tertiary/aromatic N) is 1. The molecule has 0 aliphatic heterocycles. The molecule has 0 atom stereocenters. The van der Waals surface area contributed by atoms with Gasteiger partial charge in [0.2, 0.25) is 0 Å². The molecule has 0 heterocycles. The summed E-state index contributed by atoms with van der Waals surface area (Å²) >= 11 is 0. The van der Waals surface area contributed by atoms with Crippen LogP contribution >= 0.6 is 0 Å². The van der Waals surface area contributed by atoms with Gasteiger partial charge in [0.05, 0.1) is 5.92 Å². The SMILES string of the molecule is CC(C)C(=O)O.CCCNC(=O)N(CCC)C(C)C. The molecular weight excluding hydrogens is 244 g/mol. The molecule has 0 rings (SSSR count). The normalized spacial score (nSPS) is 9.89. The van der Waals surface area contributed by atoms with E-state index in [0.717, 1.165) is 25.9 Å². The predicted octanol–water partition coefficient (Wildman–Crippen LogP) is 2.95. The Labute approximate surface area is 117 Å². The lowest BCUT2D eigenvalue weighted by atomic mass is 10.2. The van der Waals surface area contributed by atoms with Gasteiger partial charge in [-0.3, -0.25) is 4.79 Å². The van der Waals surface area contributed by atoms with Crippen LogP contribution in [0.5, 0.6) is 0 Å². The van der Waals surface area contributed by atoms with Crippen molar-refractivity contribution in [2.75, 3.05) is 13.1 Å². The fourth-order valence-electron chi connectivity index (χ4n) is 1.17. The molecule has 0 unspecified atom stereocenters. The molecule has 0 aliphatic rings. The van der Waals surface area contributed by atoms with E-state index in [9.17, 15) is 9.59 Å². The number of urea groups is 1. The van der Waals surface area contributed by atoms with Crippen molar-refractivity contribution in [2.24, 2.45) is 5.92 Å². The smallest absolute Gasteiger partial charge is 0.317 e. The van der Waals surface area contributed by atoms with Gasteiger partial charge in [-0.1, -0.05) is 27.7 Å². The summed E-state index contributed by atoms with van der Waals surface area (Å²) in [6.07, 6.45) is 2.00. The summed E-state index contributed by atoms with van der Waals surface area (Å²) in [5, 5.41) is 10.9. The predicted molar refractivity (Wildman–Crippen MR) is 78.3 cm³/mol. The second-order valence-corrected chi connectivity index (χ2v) is 5.01. The van der Waals surface area contributed by atoms with Gasteiger partial charge >= 0.3 is 12.0 Å². The molecule has 0 aliphatic carbocycles. The van der Waals surface area contributed by atoms with Crippen LogP contribution in [0, 0.1) is 5.92 Å². The Morgan fingerprint density at radius 3 is 1.84 bits per heavy atom. The number of carbonyl (C=O) groups excluding carboxylic acids is 1. The Hall–Kier alpha value is -1.26. The molecule has 114 valence electrons. The lowest BCUT2D eigenvalue weighted by molar-refractivity contribution is -0.140. The van der Waals surface area contributed by atoms with Crippen molar-refractivity contribution < 1.29 is 14.7 Å². The van der Waals surface area contributed by atoms with E-state index in [2.05, 4.69) is 19.2 Å². The molecule has 0 fully saturated rings. The van der Waals surface area contributed by atoms with Gasteiger partial charge in [-0.25, -0.2) is 4.79 Å². The highest BCUT2D eigenvalue weighted by atomic mass is 16.4. The lowest BCUT2D eigenvalue weighted by Crippen LogP contribution is -2.44. The summed E-state index contributed by atoms with van der Waals surface area (Å²) in [5.74, 6) is -0.972. The van der Waals surface area contributed by atoms with Crippen molar-refractivity contribution in [1.82, 2.24) is 10.2 Å². The largest absolute Gasteiger partial charge is 0.481 e. The van der Waals surface area contributed by atoms with E-state index in [1.165, 1.54) is 0 Å². The zero-order valence-corrected chi connectivity index (χ0v) is 13.2. The van der Waals surface area contributed by atoms with Crippen LogP contribution in [0.4, 0.5) is 4.79 Å². The van der Waals surface area contributed by atoms with Gasteiger partial charge in [-0.2, -0.15) is 0 Å². The molecule has 0 aromatic heterocycles. The summed E-state index contributed by atoms with van der Waals surface area (Å²) in [6, 6.07) is 0.357. The quantitative estimate of drug-likeness (QED) is 0.782. The summed E-state index contributed by atoms with van der Waals surface area (Å²) in [5.41, 5.74) is 0. The number of carboxylic acid groups (broad SMARTS) is 1. The van der Waals surface area contributed by atoms with Gasteiger partial charge in [-0.15, -0.1) is 0 Å². The Morgan fingerprint density at radius 2 is 1.58 bits per heavy atom. The van der Waals surface area contributed by atoms with Crippen molar-refractivity contribution in [3.63, 3.8) is 0 Å².